The largest absolute Gasteiger partial charge is 0.506 e. The van der Waals surface area contributed by atoms with Crippen molar-refractivity contribution in [3.8, 4) is 5.75 Å². The van der Waals surface area contributed by atoms with E-state index in [1.807, 2.05) is 0 Å². The monoisotopic (exact) mass is 296 g/mol. The van der Waals surface area contributed by atoms with Crippen LogP contribution in [0.25, 0.3) is 0 Å². The van der Waals surface area contributed by atoms with Crippen molar-refractivity contribution in [2.24, 2.45) is 5.73 Å². The first-order chi connectivity index (χ1) is 7.90. The number of benzene rings is 1. The van der Waals surface area contributed by atoms with Crippen LogP contribution in [0.4, 0.5) is 5.69 Å². The molecule has 18 heavy (non-hydrogen) atoms. The van der Waals surface area contributed by atoms with E-state index >= 15 is 0 Å². The number of carbonyl (C=O) groups excluding carboxylic acids is 1. The first-order valence-corrected chi connectivity index (χ1v) is 4.77. The van der Waals surface area contributed by atoms with E-state index in [1.54, 1.807) is 0 Å². The van der Waals surface area contributed by atoms with Gasteiger partial charge in [-0.2, -0.15) is 0 Å². The van der Waals surface area contributed by atoms with Crippen LogP contribution in [0.2, 0.25) is 5.02 Å². The van der Waals surface area contributed by atoms with Crippen molar-refractivity contribution < 1.29 is 19.6 Å². The smallest absolute Gasteiger partial charge is 0.327 e. The Morgan fingerprint density at radius 1 is 1.61 bits per heavy atom. The molecule has 3 N–H and O–H groups in total. The number of carbonyl (C=O) groups is 1. The summed E-state index contributed by atoms with van der Waals surface area (Å²) in [4.78, 5) is 21.2. The number of nitrogens with two attached hydrogens (primary N) is 1. The van der Waals surface area contributed by atoms with Gasteiger partial charge in [-0.15, -0.1) is 12.4 Å². The van der Waals surface area contributed by atoms with E-state index < -0.39 is 28.4 Å². The fraction of sp³-hybridized carbons (Fsp3) is 0.222. The summed E-state index contributed by atoms with van der Waals surface area (Å²) < 4.78 is 4.36. The van der Waals surface area contributed by atoms with E-state index in [1.165, 1.54) is 0 Å². The van der Waals surface area contributed by atoms with Crippen LogP contribution in [0.3, 0.4) is 0 Å². The van der Waals surface area contributed by atoms with Crippen molar-refractivity contribution in [2.75, 3.05) is 7.11 Å². The highest BCUT2D eigenvalue weighted by atomic mass is 35.5. The minimum atomic E-state index is -1.47. The summed E-state index contributed by atoms with van der Waals surface area (Å²) in [6.07, 6.45) is 0. The molecule has 0 bridgehead atoms. The molecule has 0 spiro atoms. The number of hydrogen-bond acceptors (Lipinski definition) is 6. The molecule has 7 nitrogen and oxygen atoms in total. The zero-order valence-electron chi connectivity index (χ0n) is 9.12. The van der Waals surface area contributed by atoms with Crippen molar-refractivity contribution in [1.29, 1.82) is 0 Å². The van der Waals surface area contributed by atoms with Crippen LogP contribution in [-0.2, 0) is 9.53 Å². The van der Waals surface area contributed by atoms with Crippen LogP contribution in [0.1, 0.15) is 11.6 Å². The van der Waals surface area contributed by atoms with E-state index in [0.29, 0.717) is 0 Å². The van der Waals surface area contributed by atoms with Crippen molar-refractivity contribution in [3.63, 3.8) is 0 Å². The second kappa shape index (κ2) is 6.39. The van der Waals surface area contributed by atoms with Crippen molar-refractivity contribution >= 4 is 35.7 Å². The van der Waals surface area contributed by atoms with Crippen LogP contribution in [0.5, 0.6) is 5.75 Å². The standard InChI is InChI=1S/C9H9ClN2O5.ClH/c1-17-9(14)7(11)6-5(12(15)16)3-2-4(10)8(6)13;/h2-3,7,13H,11H2,1H3;1H/t7-;/m1./s1. The van der Waals surface area contributed by atoms with Crippen LogP contribution in [-0.4, -0.2) is 23.1 Å². The van der Waals surface area contributed by atoms with E-state index in [9.17, 15) is 20.0 Å². The zero-order chi connectivity index (χ0) is 13.2. The van der Waals surface area contributed by atoms with Gasteiger partial charge < -0.3 is 15.6 Å². The Labute approximate surface area is 113 Å². The van der Waals surface area contributed by atoms with E-state index in [4.69, 9.17) is 17.3 Å². The van der Waals surface area contributed by atoms with Crippen LogP contribution in [0.15, 0.2) is 12.1 Å². The average Bonchev–Trinajstić information content (AvgIpc) is 2.30. The summed E-state index contributed by atoms with van der Waals surface area (Å²) in [7, 11) is 1.08. The molecule has 0 heterocycles. The molecule has 0 aliphatic carbocycles. The van der Waals surface area contributed by atoms with Gasteiger partial charge in [0.05, 0.1) is 17.1 Å². The molecule has 0 saturated heterocycles. The lowest BCUT2D eigenvalue weighted by Crippen LogP contribution is -2.23. The number of nitrogens with zero attached hydrogens (tertiary/aromatic N) is 1. The van der Waals surface area contributed by atoms with Gasteiger partial charge >= 0.3 is 5.97 Å². The summed E-state index contributed by atoms with van der Waals surface area (Å²) >= 11 is 5.60. The molecule has 1 rings (SSSR count). The predicted octanol–water partition coefficient (Wildman–Crippen LogP) is 1.55. The van der Waals surface area contributed by atoms with Gasteiger partial charge in [0.25, 0.3) is 5.69 Å². The van der Waals surface area contributed by atoms with Crippen molar-refractivity contribution in [2.45, 2.75) is 6.04 Å². The number of ether oxygens (including phenoxy) is 1. The van der Waals surface area contributed by atoms with Crippen LogP contribution < -0.4 is 5.73 Å². The molecule has 0 aliphatic rings. The highest BCUT2D eigenvalue weighted by Gasteiger charge is 2.30. The van der Waals surface area contributed by atoms with Gasteiger partial charge in [-0.25, -0.2) is 4.79 Å². The number of phenolic OH excluding ortho intramolecular Hbond substituents is 1. The Kier molecular flexibility index (Phi) is 5.83. The lowest BCUT2D eigenvalue weighted by atomic mass is 10.0. The third-order valence-electron chi connectivity index (χ3n) is 2.11. The molecule has 0 saturated carbocycles. The molecule has 100 valence electrons. The molecule has 1 atom stereocenters. The Hall–Kier alpha value is -1.57. The van der Waals surface area contributed by atoms with Crippen molar-refractivity contribution in [1.82, 2.24) is 0 Å². The van der Waals surface area contributed by atoms with E-state index in [2.05, 4.69) is 4.74 Å². The predicted molar refractivity (Wildman–Crippen MR) is 66.0 cm³/mol. The molecule has 1 aromatic rings. The number of nitro groups is 1. The molecule has 0 fully saturated rings. The maximum atomic E-state index is 11.2. The Bertz CT molecular complexity index is 480. The van der Waals surface area contributed by atoms with Gasteiger partial charge in [-0.05, 0) is 6.07 Å². The summed E-state index contributed by atoms with van der Waals surface area (Å²) in [6.45, 7) is 0. The number of hydrogen-bond donors (Lipinski definition) is 2. The molecule has 9 heteroatoms. The van der Waals surface area contributed by atoms with Crippen LogP contribution >= 0.6 is 24.0 Å². The first-order valence-electron chi connectivity index (χ1n) is 4.39. The van der Waals surface area contributed by atoms with Gasteiger partial charge in [0.1, 0.15) is 17.4 Å². The fourth-order valence-electron chi connectivity index (χ4n) is 1.28. The quantitative estimate of drug-likeness (QED) is 0.496. The minimum Gasteiger partial charge on any atom is -0.506 e. The van der Waals surface area contributed by atoms with Gasteiger partial charge in [0.2, 0.25) is 0 Å². The van der Waals surface area contributed by atoms with E-state index in [-0.39, 0.29) is 23.0 Å². The number of nitro benzene ring substituents is 1. The Morgan fingerprint density at radius 2 is 2.17 bits per heavy atom. The SMILES string of the molecule is COC(=O)[C@H](N)c1c([N+](=O)[O-])ccc(Cl)c1O.Cl. The number of methoxy groups -OCH3 is 1. The fourth-order valence-corrected chi connectivity index (χ4v) is 1.45. The first kappa shape index (κ1) is 16.4. The molecule has 0 amide bonds. The molecule has 0 radical (unpaired) electrons. The molecular formula is C9H10Cl2N2O5. The van der Waals surface area contributed by atoms with Gasteiger partial charge in [-0.3, -0.25) is 10.1 Å². The number of halogens is 2. The minimum absolute atomic E-state index is 0. The lowest BCUT2D eigenvalue weighted by molar-refractivity contribution is -0.385. The summed E-state index contributed by atoms with van der Waals surface area (Å²) in [5.74, 6) is -1.51. The number of aromatic hydroxyl groups is 1. The van der Waals surface area contributed by atoms with E-state index in [0.717, 1.165) is 19.2 Å². The van der Waals surface area contributed by atoms with Crippen molar-refractivity contribution in [3.05, 3.63) is 32.8 Å². The third-order valence-corrected chi connectivity index (χ3v) is 2.41. The zero-order valence-corrected chi connectivity index (χ0v) is 10.7. The highest BCUT2D eigenvalue weighted by molar-refractivity contribution is 6.32. The normalized spacial score (nSPS) is 11.3. The summed E-state index contributed by atoms with van der Waals surface area (Å²) in [6, 6.07) is 0.724. The third kappa shape index (κ3) is 3.00. The maximum Gasteiger partial charge on any atom is 0.327 e. The van der Waals surface area contributed by atoms with Gasteiger partial charge in [0, 0.05) is 6.07 Å². The number of rotatable bonds is 3. The lowest BCUT2D eigenvalue weighted by Gasteiger charge is -2.12. The Morgan fingerprint density at radius 3 is 2.61 bits per heavy atom. The molecule has 0 aliphatic heterocycles. The molecule has 0 unspecified atom stereocenters. The number of esters is 1. The Balaban J connectivity index is 0.00000289. The summed E-state index contributed by atoms with van der Waals surface area (Å²) in [5, 5.41) is 20.2. The molecule has 1 aromatic carbocycles. The average molecular weight is 297 g/mol. The number of phenols is 1. The molecular weight excluding hydrogens is 287 g/mol. The summed E-state index contributed by atoms with van der Waals surface area (Å²) in [5.41, 5.74) is 4.60. The topological polar surface area (TPSA) is 116 Å². The maximum absolute atomic E-state index is 11.2. The highest BCUT2D eigenvalue weighted by Crippen LogP contribution is 2.37. The van der Waals surface area contributed by atoms with Gasteiger partial charge in [0.15, 0.2) is 0 Å². The second-order valence-corrected chi connectivity index (χ2v) is 3.49. The second-order valence-electron chi connectivity index (χ2n) is 3.09. The van der Waals surface area contributed by atoms with Gasteiger partial charge in [-0.1, -0.05) is 11.6 Å². The van der Waals surface area contributed by atoms with Crippen LogP contribution in [0, 0.1) is 10.1 Å². The molecule has 0 aromatic heterocycles.